The van der Waals surface area contributed by atoms with Gasteiger partial charge in [-0.25, -0.2) is 14.8 Å². The maximum atomic E-state index is 12.8. The molecule has 1 aromatic heterocycles. The number of halogens is 3. The number of anilines is 1. The van der Waals surface area contributed by atoms with Crippen molar-refractivity contribution in [1.29, 1.82) is 0 Å². The van der Waals surface area contributed by atoms with Crippen LogP contribution in [0, 0.1) is 0 Å². The molecule has 0 amide bonds. The van der Waals surface area contributed by atoms with Gasteiger partial charge in [-0.05, 0) is 5.56 Å². The van der Waals surface area contributed by atoms with Crippen molar-refractivity contribution in [3.63, 3.8) is 0 Å². The summed E-state index contributed by atoms with van der Waals surface area (Å²) in [5.74, 6) is -1.02. The summed E-state index contributed by atoms with van der Waals surface area (Å²) in [6.45, 7) is -0.512. The van der Waals surface area contributed by atoms with Crippen LogP contribution in [0.1, 0.15) is 22.0 Å². The summed E-state index contributed by atoms with van der Waals surface area (Å²) in [4.78, 5) is 20.0. The molecule has 3 rings (SSSR count). The first-order valence-electron chi connectivity index (χ1n) is 7.98. The van der Waals surface area contributed by atoms with Gasteiger partial charge in [0.15, 0.2) is 5.69 Å². The van der Waals surface area contributed by atoms with E-state index in [1.165, 1.54) is 11.1 Å². The van der Waals surface area contributed by atoms with Crippen LogP contribution in [0.5, 0.6) is 0 Å². The number of nitrogens with zero attached hydrogens (tertiary/aromatic N) is 3. The Morgan fingerprint density at radius 2 is 1.92 bits per heavy atom. The number of carboxylic acid groups (broad SMARTS) is 1. The van der Waals surface area contributed by atoms with Gasteiger partial charge in [-0.2, -0.15) is 13.2 Å². The number of hydrogen-bond donors (Lipinski definition) is 2. The Bertz CT molecular complexity index is 753. The number of carboxylic acids is 1. The number of nitrogens with one attached hydrogen (secondary N) is 1. The monoisotopic (exact) mass is 366 g/mol. The smallest absolute Gasteiger partial charge is 0.401 e. The fourth-order valence-electron chi connectivity index (χ4n) is 3.16. The first-order valence-corrected chi connectivity index (χ1v) is 7.98. The third-order valence-corrected chi connectivity index (χ3v) is 4.23. The minimum absolute atomic E-state index is 0.153. The Hall–Kier alpha value is -2.68. The highest BCUT2D eigenvalue weighted by atomic mass is 19.4. The quantitative estimate of drug-likeness (QED) is 0.847. The molecule has 1 aliphatic heterocycles. The Balaban J connectivity index is 1.78. The first kappa shape index (κ1) is 18.1. The lowest BCUT2D eigenvalue weighted by Gasteiger charge is -2.20. The Morgan fingerprint density at radius 3 is 2.50 bits per heavy atom. The van der Waals surface area contributed by atoms with Crippen LogP contribution in [0.25, 0.3) is 0 Å². The van der Waals surface area contributed by atoms with E-state index >= 15 is 0 Å². The SMILES string of the molecule is O=C(O)c1cnc(N[C@@H]2CN(CC(F)(F)F)C[C@H]2c2ccccc2)cn1. The molecular formula is C17H17F3N4O2. The molecule has 2 atom stereocenters. The summed E-state index contributed by atoms with van der Waals surface area (Å²) in [5, 5.41) is 12.0. The largest absolute Gasteiger partial charge is 0.476 e. The van der Waals surface area contributed by atoms with Gasteiger partial charge in [-0.3, -0.25) is 4.90 Å². The molecule has 0 spiro atoms. The third-order valence-electron chi connectivity index (χ3n) is 4.23. The summed E-state index contributed by atoms with van der Waals surface area (Å²) >= 11 is 0. The molecule has 1 fully saturated rings. The molecule has 0 unspecified atom stereocenters. The minimum atomic E-state index is -4.26. The molecule has 2 N–H and O–H groups in total. The molecule has 2 heterocycles. The molecule has 1 saturated heterocycles. The molecule has 2 aromatic rings. The fourth-order valence-corrected chi connectivity index (χ4v) is 3.16. The normalized spacial score (nSPS) is 20.9. The van der Waals surface area contributed by atoms with Crippen molar-refractivity contribution in [2.24, 2.45) is 0 Å². The molecule has 0 saturated carbocycles. The number of aromatic carboxylic acids is 1. The molecule has 6 nitrogen and oxygen atoms in total. The minimum Gasteiger partial charge on any atom is -0.476 e. The topological polar surface area (TPSA) is 78.3 Å². The van der Waals surface area contributed by atoms with Crippen LogP contribution in [-0.4, -0.2) is 57.8 Å². The molecular weight excluding hydrogens is 349 g/mol. The van der Waals surface area contributed by atoms with E-state index in [0.29, 0.717) is 5.82 Å². The van der Waals surface area contributed by atoms with Crippen LogP contribution in [0.3, 0.4) is 0 Å². The van der Waals surface area contributed by atoms with Crippen molar-refractivity contribution in [2.75, 3.05) is 25.0 Å². The highest BCUT2D eigenvalue weighted by Gasteiger charge is 2.39. The number of hydrogen-bond acceptors (Lipinski definition) is 5. The molecule has 1 aliphatic rings. The maximum absolute atomic E-state index is 12.8. The summed E-state index contributed by atoms with van der Waals surface area (Å²) in [7, 11) is 0. The third kappa shape index (κ3) is 4.48. The lowest BCUT2D eigenvalue weighted by molar-refractivity contribution is -0.143. The van der Waals surface area contributed by atoms with Gasteiger partial charge in [0.05, 0.1) is 18.9 Å². The van der Waals surface area contributed by atoms with Crippen LogP contribution in [-0.2, 0) is 0 Å². The predicted octanol–water partition coefficient (Wildman–Crippen LogP) is 2.62. The van der Waals surface area contributed by atoms with E-state index in [4.69, 9.17) is 5.11 Å². The first-order chi connectivity index (χ1) is 12.3. The average Bonchev–Trinajstić information content (AvgIpc) is 2.96. The second kappa shape index (κ2) is 7.28. The molecule has 1 aromatic carbocycles. The van der Waals surface area contributed by atoms with E-state index in [9.17, 15) is 18.0 Å². The fraction of sp³-hybridized carbons (Fsp3) is 0.353. The van der Waals surface area contributed by atoms with E-state index in [1.807, 2.05) is 30.3 Å². The molecule has 0 bridgehead atoms. The molecule has 9 heteroatoms. The van der Waals surface area contributed by atoms with Gasteiger partial charge in [-0.1, -0.05) is 30.3 Å². The van der Waals surface area contributed by atoms with Gasteiger partial charge in [0.2, 0.25) is 0 Å². The van der Waals surface area contributed by atoms with Crippen molar-refractivity contribution in [3.8, 4) is 0 Å². The van der Waals surface area contributed by atoms with Crippen LogP contribution >= 0.6 is 0 Å². The Kier molecular flexibility index (Phi) is 5.08. The number of benzene rings is 1. The number of likely N-dealkylation sites (tertiary alicyclic amines) is 1. The van der Waals surface area contributed by atoms with E-state index in [1.54, 1.807) is 0 Å². The van der Waals surface area contributed by atoms with Crippen LogP contribution in [0.4, 0.5) is 19.0 Å². The highest BCUT2D eigenvalue weighted by Crippen LogP contribution is 2.31. The van der Waals surface area contributed by atoms with Crippen LogP contribution < -0.4 is 5.32 Å². The van der Waals surface area contributed by atoms with Crippen LogP contribution in [0.15, 0.2) is 42.7 Å². The zero-order chi connectivity index (χ0) is 18.7. The molecule has 0 aliphatic carbocycles. The molecule has 138 valence electrons. The van der Waals surface area contributed by atoms with Gasteiger partial charge < -0.3 is 10.4 Å². The number of rotatable bonds is 5. The average molecular weight is 366 g/mol. The van der Waals surface area contributed by atoms with Crippen molar-refractivity contribution >= 4 is 11.8 Å². The summed E-state index contributed by atoms with van der Waals surface area (Å²) < 4.78 is 38.3. The van der Waals surface area contributed by atoms with Gasteiger partial charge in [0, 0.05) is 25.0 Å². The maximum Gasteiger partial charge on any atom is 0.401 e. The summed E-state index contributed by atoms with van der Waals surface area (Å²) in [6, 6.07) is 9.01. The molecule has 0 radical (unpaired) electrons. The summed E-state index contributed by atoms with van der Waals surface area (Å²) in [6.07, 6.45) is -1.87. The molecule has 26 heavy (non-hydrogen) atoms. The number of carbonyl (C=O) groups is 1. The van der Waals surface area contributed by atoms with Gasteiger partial charge in [0.1, 0.15) is 5.82 Å². The lowest BCUT2D eigenvalue weighted by atomic mass is 9.94. The second-order valence-corrected chi connectivity index (χ2v) is 6.17. The van der Waals surface area contributed by atoms with E-state index in [-0.39, 0.29) is 30.7 Å². The Morgan fingerprint density at radius 1 is 1.19 bits per heavy atom. The van der Waals surface area contributed by atoms with E-state index in [2.05, 4.69) is 15.3 Å². The Labute approximate surface area is 147 Å². The van der Waals surface area contributed by atoms with Crippen molar-refractivity contribution in [1.82, 2.24) is 14.9 Å². The standard InChI is InChI=1S/C17H17F3N4O2/c18-17(19,20)10-24-8-12(11-4-2-1-3-5-11)14(9-24)23-15-7-21-13(6-22-15)16(25)26/h1-7,12,14H,8-10H2,(H,22,23)(H,25,26)/t12-,14+/m0/s1. The van der Waals surface area contributed by atoms with Crippen molar-refractivity contribution < 1.29 is 23.1 Å². The van der Waals surface area contributed by atoms with E-state index in [0.717, 1.165) is 11.8 Å². The van der Waals surface area contributed by atoms with Gasteiger partial charge in [0.25, 0.3) is 0 Å². The zero-order valence-electron chi connectivity index (χ0n) is 13.6. The van der Waals surface area contributed by atoms with E-state index < -0.39 is 18.7 Å². The highest BCUT2D eigenvalue weighted by molar-refractivity contribution is 5.84. The number of alkyl halides is 3. The second-order valence-electron chi connectivity index (χ2n) is 6.17. The predicted molar refractivity (Wildman–Crippen MR) is 88.1 cm³/mol. The van der Waals surface area contributed by atoms with Crippen molar-refractivity contribution in [3.05, 3.63) is 54.0 Å². The van der Waals surface area contributed by atoms with Crippen LogP contribution in [0.2, 0.25) is 0 Å². The zero-order valence-corrected chi connectivity index (χ0v) is 13.6. The lowest BCUT2D eigenvalue weighted by Crippen LogP contribution is -2.34. The van der Waals surface area contributed by atoms with Gasteiger partial charge in [-0.15, -0.1) is 0 Å². The number of aromatic nitrogens is 2. The van der Waals surface area contributed by atoms with Gasteiger partial charge >= 0.3 is 12.1 Å². The summed E-state index contributed by atoms with van der Waals surface area (Å²) in [5.41, 5.74) is 0.741. The van der Waals surface area contributed by atoms with Crippen molar-refractivity contribution in [2.45, 2.75) is 18.1 Å².